The van der Waals surface area contributed by atoms with Crippen molar-refractivity contribution in [3.05, 3.63) is 24.0 Å². The van der Waals surface area contributed by atoms with Crippen LogP contribution in [-0.2, 0) is 14.3 Å². The Morgan fingerprint density at radius 2 is 2.19 bits per heavy atom. The molecule has 2 rings (SSSR count). The Labute approximate surface area is 123 Å². The van der Waals surface area contributed by atoms with Crippen molar-refractivity contribution in [3.63, 3.8) is 0 Å². The molecule has 0 bridgehead atoms. The van der Waals surface area contributed by atoms with Gasteiger partial charge in [0, 0.05) is 17.8 Å². The van der Waals surface area contributed by atoms with E-state index in [4.69, 9.17) is 14.2 Å². The first-order valence-corrected chi connectivity index (χ1v) is 6.90. The van der Waals surface area contributed by atoms with E-state index in [1.165, 1.54) is 24.1 Å². The first-order valence-electron chi connectivity index (χ1n) is 6.90. The van der Waals surface area contributed by atoms with Crippen LogP contribution in [0.4, 0.5) is 10.1 Å². The standard InChI is InChI=1S/C15H20FNO4/c1-10(2)17(15(18)14-9-20-6-7-21-14)11-4-5-13(19-3)12(16)8-11/h4-5,8,10,14H,6-7,9H2,1-3H3/t14-/m1/s1. The normalized spacial score (nSPS) is 18.6. The Kier molecular flexibility index (Phi) is 5.14. The zero-order valence-corrected chi connectivity index (χ0v) is 12.5. The minimum absolute atomic E-state index is 0.129. The maximum Gasteiger partial charge on any atom is 0.258 e. The monoisotopic (exact) mass is 297 g/mol. The average molecular weight is 297 g/mol. The van der Waals surface area contributed by atoms with Gasteiger partial charge < -0.3 is 19.1 Å². The van der Waals surface area contributed by atoms with Gasteiger partial charge in [0.05, 0.1) is 26.9 Å². The molecule has 6 heteroatoms. The van der Waals surface area contributed by atoms with Gasteiger partial charge in [-0.1, -0.05) is 0 Å². The van der Waals surface area contributed by atoms with Crippen LogP contribution < -0.4 is 9.64 Å². The number of hydrogen-bond acceptors (Lipinski definition) is 4. The van der Waals surface area contributed by atoms with Gasteiger partial charge in [-0.05, 0) is 26.0 Å². The smallest absolute Gasteiger partial charge is 0.258 e. The van der Waals surface area contributed by atoms with Crippen LogP contribution in [0.5, 0.6) is 5.75 Å². The van der Waals surface area contributed by atoms with E-state index in [9.17, 15) is 9.18 Å². The van der Waals surface area contributed by atoms with Crippen molar-refractivity contribution < 1.29 is 23.4 Å². The molecule has 0 spiro atoms. The molecule has 1 aliphatic rings. The number of ether oxygens (including phenoxy) is 3. The molecule has 21 heavy (non-hydrogen) atoms. The second-order valence-electron chi connectivity index (χ2n) is 5.06. The van der Waals surface area contributed by atoms with E-state index in [1.54, 1.807) is 6.07 Å². The molecule has 0 radical (unpaired) electrons. The third-order valence-corrected chi connectivity index (χ3v) is 3.26. The van der Waals surface area contributed by atoms with Gasteiger partial charge >= 0.3 is 0 Å². The van der Waals surface area contributed by atoms with E-state index >= 15 is 0 Å². The molecular weight excluding hydrogens is 277 g/mol. The molecule has 1 aliphatic heterocycles. The highest BCUT2D eigenvalue weighted by Crippen LogP contribution is 2.26. The second kappa shape index (κ2) is 6.87. The minimum atomic E-state index is -0.647. The number of methoxy groups -OCH3 is 1. The molecule has 1 aromatic carbocycles. The van der Waals surface area contributed by atoms with Gasteiger partial charge in [-0.2, -0.15) is 0 Å². The fourth-order valence-corrected chi connectivity index (χ4v) is 2.27. The summed E-state index contributed by atoms with van der Waals surface area (Å²) in [6.07, 6.45) is -0.647. The summed E-state index contributed by atoms with van der Waals surface area (Å²) in [4.78, 5) is 14.1. The summed E-state index contributed by atoms with van der Waals surface area (Å²) in [5, 5.41) is 0. The SMILES string of the molecule is COc1ccc(N(C(=O)[C@H]2COCCO2)C(C)C)cc1F. The number of halogens is 1. The summed E-state index contributed by atoms with van der Waals surface area (Å²) in [6, 6.07) is 4.32. The average Bonchev–Trinajstić information content (AvgIpc) is 2.48. The molecule has 5 nitrogen and oxygen atoms in total. The van der Waals surface area contributed by atoms with E-state index in [2.05, 4.69) is 0 Å². The molecule has 1 saturated heterocycles. The van der Waals surface area contributed by atoms with Crippen molar-refractivity contribution in [1.82, 2.24) is 0 Å². The maximum atomic E-state index is 13.9. The zero-order chi connectivity index (χ0) is 15.4. The summed E-state index contributed by atoms with van der Waals surface area (Å²) in [5.41, 5.74) is 0.475. The Bertz CT molecular complexity index is 500. The van der Waals surface area contributed by atoms with Crippen LogP contribution in [0.25, 0.3) is 0 Å². The van der Waals surface area contributed by atoms with Crippen LogP contribution in [0.2, 0.25) is 0 Å². The van der Waals surface area contributed by atoms with Crippen molar-refractivity contribution in [1.29, 1.82) is 0 Å². The molecule has 0 aliphatic carbocycles. The third kappa shape index (κ3) is 3.51. The fraction of sp³-hybridized carbons (Fsp3) is 0.533. The van der Waals surface area contributed by atoms with Crippen LogP contribution in [0, 0.1) is 5.82 Å². The molecule has 0 aromatic heterocycles. The summed E-state index contributed by atoms with van der Waals surface area (Å²) < 4.78 is 29.5. The van der Waals surface area contributed by atoms with Crippen molar-refractivity contribution >= 4 is 11.6 Å². The lowest BCUT2D eigenvalue weighted by atomic mass is 10.2. The largest absolute Gasteiger partial charge is 0.494 e. The van der Waals surface area contributed by atoms with Gasteiger partial charge in [0.2, 0.25) is 0 Å². The number of nitrogens with zero attached hydrogens (tertiary/aromatic N) is 1. The number of amides is 1. The summed E-state index contributed by atoms with van der Waals surface area (Å²) >= 11 is 0. The predicted octanol–water partition coefficient (Wildman–Crippen LogP) is 1.99. The highest BCUT2D eigenvalue weighted by atomic mass is 19.1. The van der Waals surface area contributed by atoms with Crippen LogP contribution in [0.1, 0.15) is 13.8 Å². The van der Waals surface area contributed by atoms with Crippen LogP contribution in [0.3, 0.4) is 0 Å². The van der Waals surface area contributed by atoms with Crippen LogP contribution in [0.15, 0.2) is 18.2 Å². The molecule has 1 heterocycles. The van der Waals surface area contributed by atoms with E-state index in [1.807, 2.05) is 13.8 Å². The highest BCUT2D eigenvalue weighted by molar-refractivity contribution is 5.97. The Morgan fingerprint density at radius 1 is 1.43 bits per heavy atom. The van der Waals surface area contributed by atoms with Crippen molar-refractivity contribution in [2.75, 3.05) is 31.8 Å². The molecular formula is C15H20FNO4. The van der Waals surface area contributed by atoms with Crippen molar-refractivity contribution in [2.45, 2.75) is 26.0 Å². The number of hydrogen-bond donors (Lipinski definition) is 0. The lowest BCUT2D eigenvalue weighted by molar-refractivity contribution is -0.145. The van der Waals surface area contributed by atoms with E-state index in [0.717, 1.165) is 0 Å². The lowest BCUT2D eigenvalue weighted by Gasteiger charge is -2.32. The predicted molar refractivity (Wildman–Crippen MR) is 76.1 cm³/mol. The van der Waals surface area contributed by atoms with Gasteiger partial charge in [-0.3, -0.25) is 4.79 Å². The van der Waals surface area contributed by atoms with Gasteiger partial charge in [-0.25, -0.2) is 4.39 Å². The first-order chi connectivity index (χ1) is 10.0. The molecule has 1 amide bonds. The van der Waals surface area contributed by atoms with E-state index < -0.39 is 11.9 Å². The van der Waals surface area contributed by atoms with E-state index in [0.29, 0.717) is 18.9 Å². The Hall–Kier alpha value is -1.66. The third-order valence-electron chi connectivity index (χ3n) is 3.26. The molecule has 0 saturated carbocycles. The molecule has 0 N–H and O–H groups in total. The van der Waals surface area contributed by atoms with Crippen LogP contribution >= 0.6 is 0 Å². The van der Waals surface area contributed by atoms with Gasteiger partial charge in [0.25, 0.3) is 5.91 Å². The Morgan fingerprint density at radius 3 is 2.71 bits per heavy atom. The molecule has 1 atom stereocenters. The quantitative estimate of drug-likeness (QED) is 0.853. The number of carbonyl (C=O) groups excluding carboxylic acids is 1. The molecule has 0 unspecified atom stereocenters. The number of anilines is 1. The highest BCUT2D eigenvalue weighted by Gasteiger charge is 2.30. The number of benzene rings is 1. The minimum Gasteiger partial charge on any atom is -0.494 e. The summed E-state index contributed by atoms with van der Waals surface area (Å²) in [7, 11) is 1.40. The van der Waals surface area contributed by atoms with Crippen molar-refractivity contribution in [2.24, 2.45) is 0 Å². The fourth-order valence-electron chi connectivity index (χ4n) is 2.27. The summed E-state index contributed by atoms with van der Waals surface area (Å²) in [5.74, 6) is -0.587. The molecule has 116 valence electrons. The first kappa shape index (κ1) is 15.7. The van der Waals surface area contributed by atoms with Gasteiger partial charge in [0.15, 0.2) is 17.7 Å². The van der Waals surface area contributed by atoms with Gasteiger partial charge in [-0.15, -0.1) is 0 Å². The van der Waals surface area contributed by atoms with Crippen LogP contribution in [-0.4, -0.2) is 45.0 Å². The van der Waals surface area contributed by atoms with Crippen molar-refractivity contribution in [3.8, 4) is 5.75 Å². The zero-order valence-electron chi connectivity index (χ0n) is 12.5. The van der Waals surface area contributed by atoms with E-state index in [-0.39, 0.29) is 24.3 Å². The molecule has 1 aromatic rings. The number of rotatable bonds is 4. The topological polar surface area (TPSA) is 48.0 Å². The lowest BCUT2D eigenvalue weighted by Crippen LogP contribution is -2.48. The summed E-state index contributed by atoms with van der Waals surface area (Å²) in [6.45, 7) is 4.83. The molecule has 1 fully saturated rings. The number of carbonyl (C=O) groups is 1. The Balaban J connectivity index is 2.25. The van der Waals surface area contributed by atoms with Gasteiger partial charge in [0.1, 0.15) is 0 Å². The second-order valence-corrected chi connectivity index (χ2v) is 5.06. The maximum absolute atomic E-state index is 13.9.